The monoisotopic (exact) mass is 508 g/mol. The Kier molecular flexibility index (Phi) is 28.8. The summed E-state index contributed by atoms with van der Waals surface area (Å²) in [6, 6.07) is 0. The third kappa shape index (κ3) is 30.7. The second-order valence-electron chi connectivity index (χ2n) is 10.6. The van der Waals surface area contributed by atoms with Gasteiger partial charge in [-0.3, -0.25) is 9.59 Å². The van der Waals surface area contributed by atoms with Crippen LogP contribution < -0.4 is 0 Å². The molecule has 0 aromatic heterocycles. The molecule has 0 amide bonds. The summed E-state index contributed by atoms with van der Waals surface area (Å²) in [5.74, 6) is -0.683. The Hall–Kier alpha value is -1.32. The predicted octanol–water partition coefficient (Wildman–Crippen LogP) is 10.3. The lowest BCUT2D eigenvalue weighted by atomic mass is 10.0. The second kappa shape index (κ2) is 29.9. The zero-order valence-electron chi connectivity index (χ0n) is 23.9. The molecule has 0 radical (unpaired) electrons. The van der Waals surface area contributed by atoms with Gasteiger partial charge in [-0.15, -0.1) is 0 Å². The van der Waals surface area contributed by atoms with E-state index in [1.165, 1.54) is 116 Å². The van der Waals surface area contributed by atoms with Crippen LogP contribution >= 0.6 is 0 Å². The summed E-state index contributed by atoms with van der Waals surface area (Å²) in [5.41, 5.74) is 0. The highest BCUT2D eigenvalue weighted by molar-refractivity contribution is 5.69. The molecule has 0 unspecified atom stereocenters. The van der Waals surface area contributed by atoms with Crippen molar-refractivity contribution in [3.8, 4) is 0 Å². The summed E-state index contributed by atoms with van der Waals surface area (Å²) < 4.78 is 5.39. The summed E-state index contributed by atoms with van der Waals surface area (Å²) in [4.78, 5) is 22.3. The van der Waals surface area contributed by atoms with Crippen molar-refractivity contribution in [2.75, 3.05) is 6.61 Å². The maximum atomic E-state index is 11.9. The topological polar surface area (TPSA) is 63.6 Å². The Bertz CT molecular complexity index is 500. The summed E-state index contributed by atoms with van der Waals surface area (Å²) >= 11 is 0. The lowest BCUT2D eigenvalue weighted by Crippen LogP contribution is -2.05. The van der Waals surface area contributed by atoms with Gasteiger partial charge < -0.3 is 9.84 Å². The van der Waals surface area contributed by atoms with Crippen molar-refractivity contribution in [2.45, 2.75) is 174 Å². The first-order valence-corrected chi connectivity index (χ1v) is 15.7. The SMILES string of the molecule is CCCCCC/C=C\CCCCCCCC(=O)OCCCCCCCCCCCCCCCC(=O)O. The second-order valence-corrected chi connectivity index (χ2v) is 10.6. The van der Waals surface area contributed by atoms with Crippen LogP contribution in [0.4, 0.5) is 0 Å². The van der Waals surface area contributed by atoms with E-state index in [-0.39, 0.29) is 5.97 Å². The van der Waals surface area contributed by atoms with Gasteiger partial charge in [0.25, 0.3) is 0 Å². The van der Waals surface area contributed by atoms with Gasteiger partial charge in [0.1, 0.15) is 0 Å². The van der Waals surface area contributed by atoms with Gasteiger partial charge in [0.15, 0.2) is 0 Å². The number of carboxylic acid groups (broad SMARTS) is 1. The van der Waals surface area contributed by atoms with Crippen LogP contribution in [0.1, 0.15) is 174 Å². The predicted molar refractivity (Wildman–Crippen MR) is 153 cm³/mol. The molecule has 0 aliphatic rings. The first-order valence-electron chi connectivity index (χ1n) is 15.7. The van der Waals surface area contributed by atoms with Crippen LogP contribution in [0.25, 0.3) is 0 Å². The van der Waals surface area contributed by atoms with E-state index in [4.69, 9.17) is 9.84 Å². The van der Waals surface area contributed by atoms with Crippen molar-refractivity contribution < 1.29 is 19.4 Å². The molecule has 1 N–H and O–H groups in total. The number of unbranched alkanes of at least 4 members (excludes halogenated alkanes) is 21. The van der Waals surface area contributed by atoms with Gasteiger partial charge >= 0.3 is 11.9 Å². The summed E-state index contributed by atoms with van der Waals surface area (Å²) in [6.07, 6.45) is 34.9. The van der Waals surface area contributed by atoms with Gasteiger partial charge in [-0.2, -0.15) is 0 Å². The van der Waals surface area contributed by atoms with Gasteiger partial charge in [-0.05, 0) is 44.9 Å². The van der Waals surface area contributed by atoms with Crippen LogP contribution in [-0.4, -0.2) is 23.7 Å². The number of ether oxygens (including phenoxy) is 1. The normalized spacial score (nSPS) is 11.4. The molecule has 4 nitrogen and oxygen atoms in total. The van der Waals surface area contributed by atoms with E-state index in [2.05, 4.69) is 19.1 Å². The molecule has 4 heteroatoms. The molecule has 0 aliphatic carbocycles. The molecule has 0 aromatic carbocycles. The minimum atomic E-state index is -0.672. The lowest BCUT2D eigenvalue weighted by Gasteiger charge is -2.05. The smallest absolute Gasteiger partial charge is 0.305 e. The quantitative estimate of drug-likeness (QED) is 0.0620. The lowest BCUT2D eigenvalue weighted by molar-refractivity contribution is -0.144. The van der Waals surface area contributed by atoms with Crippen LogP contribution in [0.15, 0.2) is 12.2 Å². The molecule has 0 bridgehead atoms. The van der Waals surface area contributed by atoms with Gasteiger partial charge in [0.2, 0.25) is 0 Å². The first kappa shape index (κ1) is 34.7. The molecular formula is C32H60O4. The van der Waals surface area contributed by atoms with Gasteiger partial charge in [0, 0.05) is 12.8 Å². The Labute approximate surface area is 224 Å². The largest absolute Gasteiger partial charge is 0.481 e. The zero-order chi connectivity index (χ0) is 26.4. The molecule has 0 aromatic rings. The maximum Gasteiger partial charge on any atom is 0.305 e. The fourth-order valence-corrected chi connectivity index (χ4v) is 4.57. The van der Waals surface area contributed by atoms with E-state index >= 15 is 0 Å². The van der Waals surface area contributed by atoms with Crippen molar-refractivity contribution in [2.24, 2.45) is 0 Å². The molecule has 0 rings (SSSR count). The minimum Gasteiger partial charge on any atom is -0.481 e. The fourth-order valence-electron chi connectivity index (χ4n) is 4.57. The Morgan fingerprint density at radius 2 is 0.917 bits per heavy atom. The van der Waals surface area contributed by atoms with Crippen LogP contribution in [0.5, 0.6) is 0 Å². The molecule has 0 saturated carbocycles. The highest BCUT2D eigenvalue weighted by atomic mass is 16.5. The van der Waals surface area contributed by atoms with Crippen LogP contribution in [-0.2, 0) is 14.3 Å². The molecule has 0 heterocycles. The van der Waals surface area contributed by atoms with Gasteiger partial charge in [-0.25, -0.2) is 0 Å². The zero-order valence-corrected chi connectivity index (χ0v) is 23.9. The van der Waals surface area contributed by atoms with Crippen LogP contribution in [0, 0.1) is 0 Å². The van der Waals surface area contributed by atoms with Crippen molar-refractivity contribution in [1.82, 2.24) is 0 Å². The van der Waals surface area contributed by atoms with E-state index in [0.717, 1.165) is 38.5 Å². The third-order valence-electron chi connectivity index (χ3n) is 6.94. The Morgan fingerprint density at radius 1 is 0.528 bits per heavy atom. The average Bonchev–Trinajstić information content (AvgIpc) is 2.86. The number of hydrogen-bond donors (Lipinski definition) is 1. The number of aliphatic carboxylic acids is 1. The molecular weight excluding hydrogens is 448 g/mol. The Morgan fingerprint density at radius 3 is 1.39 bits per heavy atom. The minimum absolute atomic E-state index is 0.0112. The number of carboxylic acids is 1. The summed E-state index contributed by atoms with van der Waals surface area (Å²) in [5, 5.41) is 8.61. The van der Waals surface area contributed by atoms with E-state index < -0.39 is 5.97 Å². The van der Waals surface area contributed by atoms with E-state index in [1.807, 2.05) is 0 Å². The first-order chi connectivity index (χ1) is 17.7. The number of esters is 1. The molecule has 0 fully saturated rings. The van der Waals surface area contributed by atoms with Crippen molar-refractivity contribution in [3.63, 3.8) is 0 Å². The fraction of sp³-hybridized carbons (Fsp3) is 0.875. The number of carbonyl (C=O) groups excluding carboxylic acids is 1. The molecule has 0 atom stereocenters. The van der Waals surface area contributed by atoms with Crippen molar-refractivity contribution in [3.05, 3.63) is 12.2 Å². The average molecular weight is 509 g/mol. The van der Waals surface area contributed by atoms with E-state index in [0.29, 0.717) is 19.4 Å². The summed E-state index contributed by atoms with van der Waals surface area (Å²) in [6.45, 7) is 2.85. The van der Waals surface area contributed by atoms with Gasteiger partial charge in [0.05, 0.1) is 6.61 Å². The van der Waals surface area contributed by atoms with Crippen molar-refractivity contribution in [1.29, 1.82) is 0 Å². The van der Waals surface area contributed by atoms with E-state index in [9.17, 15) is 9.59 Å². The molecule has 212 valence electrons. The van der Waals surface area contributed by atoms with Gasteiger partial charge in [-0.1, -0.05) is 128 Å². The molecule has 0 spiro atoms. The van der Waals surface area contributed by atoms with Crippen LogP contribution in [0.3, 0.4) is 0 Å². The summed E-state index contributed by atoms with van der Waals surface area (Å²) in [7, 11) is 0. The molecule has 0 saturated heterocycles. The third-order valence-corrected chi connectivity index (χ3v) is 6.94. The standard InChI is InChI=1S/C32H60O4/c1-2-3-4-5-6-7-8-10-14-17-20-23-26-29-32(35)36-30-27-24-21-18-15-12-9-11-13-16-19-22-25-28-31(33)34/h7-8H,2-6,9-30H2,1H3,(H,33,34)/b8-7-. The number of allylic oxidation sites excluding steroid dienone is 2. The number of carbonyl (C=O) groups is 2. The van der Waals surface area contributed by atoms with Crippen molar-refractivity contribution >= 4 is 11.9 Å². The molecule has 0 aliphatic heterocycles. The highest BCUT2D eigenvalue weighted by Gasteiger charge is 2.02. The number of hydrogen-bond acceptors (Lipinski definition) is 3. The Balaban J connectivity index is 3.19. The van der Waals surface area contributed by atoms with E-state index in [1.54, 1.807) is 0 Å². The maximum absolute atomic E-state index is 11.9. The highest BCUT2D eigenvalue weighted by Crippen LogP contribution is 2.13. The number of rotatable bonds is 29. The van der Waals surface area contributed by atoms with Crippen LogP contribution in [0.2, 0.25) is 0 Å². The molecule has 36 heavy (non-hydrogen) atoms.